The fourth-order valence-corrected chi connectivity index (χ4v) is 2.65. The summed E-state index contributed by atoms with van der Waals surface area (Å²) in [6.45, 7) is -0.833. The highest BCUT2D eigenvalue weighted by Crippen LogP contribution is 2.35. The normalized spacial score (nSPS) is 10.5. The van der Waals surface area contributed by atoms with Crippen molar-refractivity contribution >= 4 is 34.0 Å². The van der Waals surface area contributed by atoms with Crippen molar-refractivity contribution in [1.29, 1.82) is 0 Å². The number of amides is 1. The standard InChI is InChI=1S/C19H13FN2O7/c20-10-5-6-14(15(7-10)22(27)28)21-17(24)9-29-19(26)13-8-16(23)11-3-1-2-4-12(11)18(13)25/h1-8,23,25H,9H2,(H,21,24). The largest absolute Gasteiger partial charge is 0.507 e. The SMILES string of the molecule is O=C(COC(=O)c1cc(O)c2ccccc2c1O)Nc1ccc(F)cc1[N+](=O)[O-]. The Balaban J connectivity index is 1.73. The highest BCUT2D eigenvalue weighted by molar-refractivity contribution is 6.04. The van der Waals surface area contributed by atoms with Crippen LogP contribution < -0.4 is 5.32 Å². The van der Waals surface area contributed by atoms with Crippen LogP contribution in [0.25, 0.3) is 10.8 Å². The molecule has 3 aromatic carbocycles. The minimum Gasteiger partial charge on any atom is -0.507 e. The van der Waals surface area contributed by atoms with E-state index < -0.39 is 40.7 Å². The van der Waals surface area contributed by atoms with Crippen molar-refractivity contribution < 1.29 is 33.9 Å². The van der Waals surface area contributed by atoms with E-state index in [1.807, 2.05) is 0 Å². The molecule has 0 saturated carbocycles. The number of nitrogens with one attached hydrogen (secondary N) is 1. The van der Waals surface area contributed by atoms with Gasteiger partial charge in [-0.1, -0.05) is 24.3 Å². The highest BCUT2D eigenvalue weighted by Gasteiger charge is 2.21. The monoisotopic (exact) mass is 400 g/mol. The molecule has 3 N–H and O–H groups in total. The second-order valence-electron chi connectivity index (χ2n) is 5.88. The maximum atomic E-state index is 13.1. The van der Waals surface area contributed by atoms with Crippen LogP contribution in [0.3, 0.4) is 0 Å². The molecule has 0 aliphatic carbocycles. The maximum Gasteiger partial charge on any atom is 0.342 e. The Bertz CT molecular complexity index is 1150. The smallest absolute Gasteiger partial charge is 0.342 e. The van der Waals surface area contributed by atoms with Crippen LogP contribution in [0.5, 0.6) is 11.5 Å². The molecule has 0 saturated heterocycles. The molecule has 0 aliphatic rings. The third kappa shape index (κ3) is 4.05. The van der Waals surface area contributed by atoms with E-state index in [1.54, 1.807) is 18.2 Å². The summed E-state index contributed by atoms with van der Waals surface area (Å²) >= 11 is 0. The number of benzene rings is 3. The van der Waals surface area contributed by atoms with Crippen molar-refractivity contribution in [2.75, 3.05) is 11.9 Å². The quantitative estimate of drug-likeness (QED) is 0.259. The van der Waals surface area contributed by atoms with Crippen molar-refractivity contribution in [3.05, 3.63) is 70.0 Å². The molecule has 0 unspecified atom stereocenters. The Morgan fingerprint density at radius 3 is 2.48 bits per heavy atom. The molecule has 0 aromatic heterocycles. The fourth-order valence-electron chi connectivity index (χ4n) is 2.65. The van der Waals surface area contributed by atoms with Gasteiger partial charge in [0.05, 0.1) is 11.0 Å². The van der Waals surface area contributed by atoms with Gasteiger partial charge in [0, 0.05) is 10.8 Å². The minimum absolute atomic E-state index is 0.214. The number of carbonyl (C=O) groups excluding carboxylic acids is 2. The summed E-state index contributed by atoms with van der Waals surface area (Å²) in [4.78, 5) is 34.2. The summed E-state index contributed by atoms with van der Waals surface area (Å²) < 4.78 is 17.9. The molecule has 9 nitrogen and oxygen atoms in total. The average Bonchev–Trinajstić information content (AvgIpc) is 2.70. The number of phenolic OH excluding ortho intramolecular Hbond substituents is 2. The summed E-state index contributed by atoms with van der Waals surface area (Å²) in [6, 6.07) is 9.83. The zero-order valence-electron chi connectivity index (χ0n) is 14.6. The van der Waals surface area contributed by atoms with Crippen LogP contribution in [0.15, 0.2) is 48.5 Å². The van der Waals surface area contributed by atoms with Gasteiger partial charge < -0.3 is 20.3 Å². The van der Waals surface area contributed by atoms with Crippen LogP contribution in [0.4, 0.5) is 15.8 Å². The lowest BCUT2D eigenvalue weighted by molar-refractivity contribution is -0.384. The molecular weight excluding hydrogens is 387 g/mol. The van der Waals surface area contributed by atoms with Crippen LogP contribution in [0.2, 0.25) is 0 Å². The third-order valence-electron chi connectivity index (χ3n) is 3.98. The molecule has 1 amide bonds. The van der Waals surface area contributed by atoms with Gasteiger partial charge >= 0.3 is 5.97 Å². The first-order valence-corrected chi connectivity index (χ1v) is 8.12. The van der Waals surface area contributed by atoms with E-state index in [1.165, 1.54) is 6.07 Å². The van der Waals surface area contributed by atoms with E-state index in [0.717, 1.165) is 18.2 Å². The van der Waals surface area contributed by atoms with Crippen LogP contribution in [0.1, 0.15) is 10.4 Å². The molecule has 0 aliphatic heterocycles. The van der Waals surface area contributed by atoms with Gasteiger partial charge in [-0.2, -0.15) is 0 Å². The predicted octanol–water partition coefficient (Wildman–Crippen LogP) is 3.09. The molecule has 3 aromatic rings. The number of anilines is 1. The number of ether oxygens (including phenoxy) is 1. The molecule has 0 radical (unpaired) electrons. The van der Waals surface area contributed by atoms with E-state index in [-0.39, 0.29) is 22.4 Å². The lowest BCUT2D eigenvalue weighted by Gasteiger charge is -2.10. The first-order valence-electron chi connectivity index (χ1n) is 8.12. The minimum atomic E-state index is -1.09. The van der Waals surface area contributed by atoms with Crippen molar-refractivity contribution in [2.45, 2.75) is 0 Å². The topological polar surface area (TPSA) is 139 Å². The van der Waals surface area contributed by atoms with Gasteiger partial charge in [0.1, 0.15) is 28.6 Å². The number of nitrogens with zero attached hydrogens (tertiary/aromatic N) is 1. The number of phenols is 2. The number of carbonyl (C=O) groups is 2. The number of halogens is 1. The zero-order valence-corrected chi connectivity index (χ0v) is 14.6. The van der Waals surface area contributed by atoms with Crippen molar-refractivity contribution in [2.24, 2.45) is 0 Å². The van der Waals surface area contributed by atoms with Gasteiger partial charge in [0.25, 0.3) is 11.6 Å². The van der Waals surface area contributed by atoms with Crippen LogP contribution in [0, 0.1) is 15.9 Å². The van der Waals surface area contributed by atoms with E-state index >= 15 is 0 Å². The fraction of sp³-hybridized carbons (Fsp3) is 0.0526. The predicted molar refractivity (Wildman–Crippen MR) is 99.2 cm³/mol. The molecule has 0 atom stereocenters. The molecular formula is C19H13FN2O7. The first kappa shape index (κ1) is 19.5. The second kappa shape index (κ2) is 7.80. The van der Waals surface area contributed by atoms with Crippen LogP contribution in [-0.4, -0.2) is 33.6 Å². The molecule has 0 heterocycles. The number of rotatable bonds is 5. The Morgan fingerprint density at radius 1 is 1.10 bits per heavy atom. The number of esters is 1. The number of aromatic hydroxyl groups is 2. The van der Waals surface area contributed by atoms with Crippen LogP contribution in [-0.2, 0) is 9.53 Å². The number of nitro groups is 1. The van der Waals surface area contributed by atoms with Gasteiger partial charge in [0.2, 0.25) is 0 Å². The summed E-state index contributed by atoms with van der Waals surface area (Å²) in [5, 5.41) is 33.9. The van der Waals surface area contributed by atoms with Crippen LogP contribution >= 0.6 is 0 Å². The van der Waals surface area contributed by atoms with Gasteiger partial charge in [-0.15, -0.1) is 0 Å². The van der Waals surface area contributed by atoms with E-state index in [4.69, 9.17) is 4.74 Å². The summed E-state index contributed by atoms with van der Waals surface area (Å²) in [5.74, 6) is -3.56. The van der Waals surface area contributed by atoms with E-state index in [9.17, 15) is 34.3 Å². The Morgan fingerprint density at radius 2 is 1.79 bits per heavy atom. The lowest BCUT2D eigenvalue weighted by Crippen LogP contribution is -2.21. The maximum absolute atomic E-state index is 13.1. The highest BCUT2D eigenvalue weighted by atomic mass is 19.1. The Hall–Kier alpha value is -4.21. The summed E-state index contributed by atoms with van der Waals surface area (Å²) in [5.41, 5.74) is -1.30. The average molecular weight is 400 g/mol. The van der Waals surface area contributed by atoms with Gasteiger partial charge in [-0.05, 0) is 18.2 Å². The molecule has 29 heavy (non-hydrogen) atoms. The van der Waals surface area contributed by atoms with E-state index in [2.05, 4.69) is 5.32 Å². The molecule has 0 bridgehead atoms. The summed E-state index contributed by atoms with van der Waals surface area (Å²) in [6.07, 6.45) is 0. The molecule has 3 rings (SSSR count). The molecule has 148 valence electrons. The number of nitro benzene ring substituents is 1. The van der Waals surface area contributed by atoms with Crippen molar-refractivity contribution in [1.82, 2.24) is 0 Å². The Labute approximate surface area is 162 Å². The zero-order chi connectivity index (χ0) is 21.1. The lowest BCUT2D eigenvalue weighted by atomic mass is 10.0. The first-order chi connectivity index (χ1) is 13.8. The molecule has 0 spiro atoms. The molecule has 10 heteroatoms. The van der Waals surface area contributed by atoms with Crippen molar-refractivity contribution in [3.8, 4) is 11.5 Å². The number of hydrogen-bond donors (Lipinski definition) is 3. The van der Waals surface area contributed by atoms with Crippen molar-refractivity contribution in [3.63, 3.8) is 0 Å². The number of fused-ring (bicyclic) bond motifs is 1. The van der Waals surface area contributed by atoms with Gasteiger partial charge in [-0.3, -0.25) is 14.9 Å². The van der Waals surface area contributed by atoms with E-state index in [0.29, 0.717) is 11.5 Å². The number of hydrogen-bond acceptors (Lipinski definition) is 7. The molecule has 0 fully saturated rings. The summed E-state index contributed by atoms with van der Waals surface area (Å²) in [7, 11) is 0. The second-order valence-corrected chi connectivity index (χ2v) is 5.88. The Kier molecular flexibility index (Phi) is 5.26. The van der Waals surface area contributed by atoms with Gasteiger partial charge in [0.15, 0.2) is 6.61 Å². The third-order valence-corrected chi connectivity index (χ3v) is 3.98. The van der Waals surface area contributed by atoms with Gasteiger partial charge in [-0.25, -0.2) is 9.18 Å².